The number of amides is 2. The molecule has 0 aliphatic rings. The molecule has 1 atom stereocenters. The molecule has 0 saturated carbocycles. The highest BCUT2D eigenvalue weighted by Gasteiger charge is 2.19. The normalized spacial score (nSPS) is 12.2. The first-order valence-corrected chi connectivity index (χ1v) is 9.63. The Bertz CT molecular complexity index is 641. The summed E-state index contributed by atoms with van der Waals surface area (Å²) < 4.78 is 5.48. The van der Waals surface area contributed by atoms with Gasteiger partial charge in [0.2, 0.25) is 0 Å². The largest absolute Gasteiger partial charge is 0.468 e. The number of furan rings is 1. The minimum Gasteiger partial charge on any atom is -0.468 e. The Morgan fingerprint density at radius 1 is 1.24 bits per heavy atom. The van der Waals surface area contributed by atoms with Crippen molar-refractivity contribution in [3.05, 3.63) is 54.0 Å². The van der Waals surface area contributed by atoms with Crippen LogP contribution in [0.3, 0.4) is 0 Å². The predicted octanol–water partition coefficient (Wildman–Crippen LogP) is 3.84. The van der Waals surface area contributed by atoms with E-state index in [4.69, 9.17) is 4.42 Å². The van der Waals surface area contributed by atoms with Crippen LogP contribution in [-0.2, 0) is 6.54 Å². The number of nitrogens with zero attached hydrogens (tertiary/aromatic N) is 2. The molecular weight excluding hydrogens is 334 g/mol. The first kappa shape index (κ1) is 19.4. The van der Waals surface area contributed by atoms with Crippen LogP contribution in [0.1, 0.15) is 24.3 Å². The second kappa shape index (κ2) is 9.53. The highest BCUT2D eigenvalue weighted by Crippen LogP contribution is 2.18. The molecule has 0 unspecified atom stereocenters. The minimum atomic E-state index is -0.0603. The van der Waals surface area contributed by atoms with E-state index in [0.29, 0.717) is 19.6 Å². The Kier molecular flexibility index (Phi) is 7.40. The molecule has 6 heteroatoms. The molecular formula is C19H27N3O2S. The highest BCUT2D eigenvalue weighted by atomic mass is 32.2. The van der Waals surface area contributed by atoms with Gasteiger partial charge >= 0.3 is 6.03 Å². The molecule has 2 rings (SSSR count). The SMILES string of the molecule is CCN(Cc1ccc(SC)cc1)C(=O)NC[C@H](c1ccco1)N(C)C. The zero-order valence-electron chi connectivity index (χ0n) is 15.4. The van der Waals surface area contributed by atoms with Crippen LogP contribution >= 0.6 is 11.8 Å². The monoisotopic (exact) mass is 361 g/mol. The van der Waals surface area contributed by atoms with Crippen molar-refractivity contribution >= 4 is 17.8 Å². The first-order valence-electron chi connectivity index (χ1n) is 8.40. The fourth-order valence-corrected chi connectivity index (χ4v) is 3.00. The molecule has 5 nitrogen and oxygen atoms in total. The summed E-state index contributed by atoms with van der Waals surface area (Å²) in [5.41, 5.74) is 1.13. The second-order valence-corrected chi connectivity index (χ2v) is 6.92. The van der Waals surface area contributed by atoms with Crippen molar-refractivity contribution in [3.8, 4) is 0 Å². The zero-order chi connectivity index (χ0) is 18.2. The summed E-state index contributed by atoms with van der Waals surface area (Å²) >= 11 is 1.71. The van der Waals surface area contributed by atoms with Gasteiger partial charge in [0.15, 0.2) is 0 Å². The summed E-state index contributed by atoms with van der Waals surface area (Å²) in [6, 6.07) is 12.1. The fourth-order valence-electron chi connectivity index (χ4n) is 2.59. The fraction of sp³-hybridized carbons (Fsp3) is 0.421. The number of rotatable bonds is 8. The summed E-state index contributed by atoms with van der Waals surface area (Å²) in [6.45, 7) is 3.75. The molecule has 0 radical (unpaired) electrons. The first-order chi connectivity index (χ1) is 12.0. The van der Waals surface area contributed by atoms with Crippen molar-refractivity contribution in [2.45, 2.75) is 24.4 Å². The van der Waals surface area contributed by atoms with Gasteiger partial charge in [0, 0.05) is 24.5 Å². The lowest BCUT2D eigenvalue weighted by atomic mass is 10.2. The maximum Gasteiger partial charge on any atom is 0.317 e. The summed E-state index contributed by atoms with van der Waals surface area (Å²) in [7, 11) is 3.95. The lowest BCUT2D eigenvalue weighted by Gasteiger charge is -2.26. The summed E-state index contributed by atoms with van der Waals surface area (Å²) in [5, 5.41) is 3.03. The molecule has 0 fully saturated rings. The Hall–Kier alpha value is -1.92. The van der Waals surface area contributed by atoms with Gasteiger partial charge in [-0.05, 0) is 57.1 Å². The van der Waals surface area contributed by atoms with E-state index in [1.807, 2.05) is 43.0 Å². The third kappa shape index (κ3) is 5.54. The van der Waals surface area contributed by atoms with Gasteiger partial charge in [-0.15, -0.1) is 11.8 Å². The second-order valence-electron chi connectivity index (χ2n) is 6.04. The van der Waals surface area contributed by atoms with E-state index < -0.39 is 0 Å². The van der Waals surface area contributed by atoms with E-state index >= 15 is 0 Å². The van der Waals surface area contributed by atoms with Crippen molar-refractivity contribution in [2.75, 3.05) is 33.4 Å². The standard InChI is InChI=1S/C19H27N3O2S/c1-5-22(14-15-8-10-16(25-4)11-9-15)19(23)20-13-17(21(2)3)18-7-6-12-24-18/h6-12,17H,5,13-14H2,1-4H3,(H,20,23)/t17-/m1/s1. The van der Waals surface area contributed by atoms with Gasteiger partial charge in [-0.3, -0.25) is 4.90 Å². The van der Waals surface area contributed by atoms with Gasteiger partial charge in [0.25, 0.3) is 0 Å². The molecule has 1 aromatic heterocycles. The third-order valence-electron chi connectivity index (χ3n) is 4.14. The van der Waals surface area contributed by atoms with Gasteiger partial charge in [-0.25, -0.2) is 4.79 Å². The number of carbonyl (C=O) groups excluding carboxylic acids is 1. The van der Waals surface area contributed by atoms with Crippen LogP contribution in [0.25, 0.3) is 0 Å². The number of hydrogen-bond acceptors (Lipinski definition) is 4. The van der Waals surface area contributed by atoms with Crippen molar-refractivity contribution in [1.29, 1.82) is 0 Å². The van der Waals surface area contributed by atoms with Crippen LogP contribution in [0.2, 0.25) is 0 Å². The van der Waals surface area contributed by atoms with E-state index in [-0.39, 0.29) is 12.1 Å². The molecule has 0 saturated heterocycles. The minimum absolute atomic E-state index is 0.0125. The van der Waals surface area contributed by atoms with Gasteiger partial charge in [0.05, 0.1) is 12.3 Å². The Labute approximate surface area is 154 Å². The molecule has 0 aliphatic carbocycles. The molecule has 0 bridgehead atoms. The third-order valence-corrected chi connectivity index (χ3v) is 4.89. The number of benzene rings is 1. The van der Waals surface area contributed by atoms with E-state index in [2.05, 4.69) is 35.8 Å². The van der Waals surface area contributed by atoms with E-state index in [0.717, 1.165) is 11.3 Å². The lowest BCUT2D eigenvalue weighted by molar-refractivity contribution is 0.189. The van der Waals surface area contributed by atoms with E-state index in [1.165, 1.54) is 4.90 Å². The number of nitrogens with one attached hydrogen (secondary N) is 1. The molecule has 25 heavy (non-hydrogen) atoms. The van der Waals surface area contributed by atoms with Crippen LogP contribution in [-0.4, -0.2) is 49.3 Å². The van der Waals surface area contributed by atoms with Crippen LogP contribution in [0.5, 0.6) is 0 Å². The van der Waals surface area contributed by atoms with Gasteiger partial charge in [-0.2, -0.15) is 0 Å². The van der Waals surface area contributed by atoms with E-state index in [1.54, 1.807) is 18.0 Å². The smallest absolute Gasteiger partial charge is 0.317 e. The average Bonchev–Trinajstić information content (AvgIpc) is 3.14. The number of likely N-dealkylation sites (N-methyl/N-ethyl adjacent to an activating group) is 1. The molecule has 0 aliphatic heterocycles. The van der Waals surface area contributed by atoms with E-state index in [9.17, 15) is 4.79 Å². The quantitative estimate of drug-likeness (QED) is 0.726. The molecule has 2 amide bonds. The topological polar surface area (TPSA) is 48.7 Å². The van der Waals surface area contributed by atoms with Crippen molar-refractivity contribution < 1.29 is 9.21 Å². The van der Waals surface area contributed by atoms with Crippen molar-refractivity contribution in [3.63, 3.8) is 0 Å². The van der Waals surface area contributed by atoms with Crippen molar-refractivity contribution in [2.24, 2.45) is 0 Å². The Morgan fingerprint density at radius 3 is 2.48 bits per heavy atom. The average molecular weight is 362 g/mol. The van der Waals surface area contributed by atoms with Crippen LogP contribution in [0, 0.1) is 0 Å². The number of thioether (sulfide) groups is 1. The Balaban J connectivity index is 1.94. The zero-order valence-corrected chi connectivity index (χ0v) is 16.2. The number of hydrogen-bond donors (Lipinski definition) is 1. The lowest BCUT2D eigenvalue weighted by Crippen LogP contribution is -2.42. The highest BCUT2D eigenvalue weighted by molar-refractivity contribution is 7.98. The van der Waals surface area contributed by atoms with Crippen molar-refractivity contribution in [1.82, 2.24) is 15.1 Å². The molecule has 2 aromatic rings. The number of carbonyl (C=O) groups is 1. The summed E-state index contributed by atoms with van der Waals surface area (Å²) in [5.74, 6) is 0.848. The van der Waals surface area contributed by atoms with Gasteiger partial charge < -0.3 is 14.6 Å². The molecule has 1 N–H and O–H groups in total. The van der Waals surface area contributed by atoms with Crippen LogP contribution < -0.4 is 5.32 Å². The van der Waals surface area contributed by atoms with Crippen LogP contribution in [0.15, 0.2) is 52.0 Å². The molecule has 1 heterocycles. The maximum absolute atomic E-state index is 12.6. The molecule has 1 aromatic carbocycles. The Morgan fingerprint density at radius 2 is 1.96 bits per heavy atom. The van der Waals surface area contributed by atoms with Gasteiger partial charge in [0.1, 0.15) is 5.76 Å². The maximum atomic E-state index is 12.6. The van der Waals surface area contributed by atoms with Crippen LogP contribution in [0.4, 0.5) is 4.79 Å². The molecule has 136 valence electrons. The summed E-state index contributed by atoms with van der Waals surface area (Å²) in [4.78, 5) is 17.6. The number of urea groups is 1. The predicted molar refractivity (Wildman–Crippen MR) is 103 cm³/mol. The van der Waals surface area contributed by atoms with Gasteiger partial charge in [-0.1, -0.05) is 12.1 Å². The summed E-state index contributed by atoms with van der Waals surface area (Å²) in [6.07, 6.45) is 3.71. The molecule has 0 spiro atoms.